The van der Waals surface area contributed by atoms with Crippen LogP contribution < -0.4 is 14.2 Å². The normalized spacial score (nSPS) is 42.6. The number of carbonyl (C=O) groups is 1. The Kier molecular flexibility index (Phi) is 4.89. The lowest BCUT2D eigenvalue weighted by molar-refractivity contribution is -0.141. The Labute approximate surface area is 196 Å². The predicted octanol–water partition coefficient (Wildman–Crippen LogP) is 5.39. The van der Waals surface area contributed by atoms with Crippen molar-refractivity contribution < 1.29 is 24.1 Å². The van der Waals surface area contributed by atoms with Gasteiger partial charge in [-0.1, -0.05) is 13.8 Å². The van der Waals surface area contributed by atoms with Gasteiger partial charge in [0.1, 0.15) is 0 Å². The topological polar surface area (TPSA) is 65.0 Å². The van der Waals surface area contributed by atoms with Crippen LogP contribution in [0.15, 0.2) is 17.7 Å². The zero-order chi connectivity index (χ0) is 23.0. The maximum atomic E-state index is 13.7. The lowest BCUT2D eigenvalue weighted by Crippen LogP contribution is -2.54. The van der Waals surface area contributed by atoms with E-state index in [1.807, 2.05) is 12.1 Å². The van der Waals surface area contributed by atoms with Gasteiger partial charge in [-0.15, -0.1) is 0 Å². The van der Waals surface area contributed by atoms with Crippen LogP contribution in [-0.2, 0) is 4.79 Å². The fourth-order valence-electron chi connectivity index (χ4n) is 8.47. The first kappa shape index (κ1) is 21.5. The van der Waals surface area contributed by atoms with E-state index in [0.29, 0.717) is 52.1 Å². The molecule has 0 bridgehead atoms. The molecule has 6 rings (SSSR count). The number of ether oxygens (including phenoxy) is 3. The average Bonchev–Trinajstić information content (AvgIpc) is 3.37. The first-order valence-electron chi connectivity index (χ1n) is 12.7. The molecule has 1 N–H and O–H groups in total. The molecule has 5 heteroatoms. The number of methoxy groups -OCH3 is 1. The Balaban J connectivity index is 1.31. The average molecular weight is 453 g/mol. The number of aliphatic hydroxyl groups excluding tert-OH is 1. The molecule has 5 nitrogen and oxygen atoms in total. The summed E-state index contributed by atoms with van der Waals surface area (Å²) >= 11 is 0. The molecule has 5 aliphatic rings. The molecular weight excluding hydrogens is 416 g/mol. The molecule has 33 heavy (non-hydrogen) atoms. The minimum atomic E-state index is -0.245. The Morgan fingerprint density at radius 1 is 1.09 bits per heavy atom. The smallest absolute Gasteiger partial charge is 0.231 e. The van der Waals surface area contributed by atoms with Crippen molar-refractivity contribution in [3.05, 3.63) is 23.3 Å². The minimum Gasteiger partial charge on any atom is -0.493 e. The molecule has 1 aromatic carbocycles. The Morgan fingerprint density at radius 3 is 2.76 bits per heavy atom. The second-order valence-electron chi connectivity index (χ2n) is 11.7. The molecule has 178 valence electrons. The van der Waals surface area contributed by atoms with Crippen molar-refractivity contribution in [2.24, 2.45) is 34.5 Å². The summed E-state index contributed by atoms with van der Waals surface area (Å²) in [4.78, 5) is 13.7. The van der Waals surface area contributed by atoms with Crippen LogP contribution in [0.2, 0.25) is 0 Å². The van der Waals surface area contributed by atoms with Crippen LogP contribution in [0.25, 0.3) is 6.08 Å². The summed E-state index contributed by atoms with van der Waals surface area (Å²) in [6, 6.07) is 3.90. The summed E-state index contributed by atoms with van der Waals surface area (Å²) in [5, 5.41) is 10.3. The zero-order valence-corrected chi connectivity index (χ0v) is 20.1. The summed E-state index contributed by atoms with van der Waals surface area (Å²) in [6.07, 6.45) is 10.4. The van der Waals surface area contributed by atoms with E-state index >= 15 is 0 Å². The Morgan fingerprint density at radius 2 is 1.94 bits per heavy atom. The van der Waals surface area contributed by atoms with Gasteiger partial charge in [-0.05, 0) is 110 Å². The van der Waals surface area contributed by atoms with Crippen LogP contribution in [0.1, 0.15) is 70.8 Å². The molecule has 0 radical (unpaired) electrons. The number of benzene rings is 1. The first-order valence-corrected chi connectivity index (χ1v) is 12.7. The van der Waals surface area contributed by atoms with E-state index in [1.54, 1.807) is 7.11 Å². The zero-order valence-electron chi connectivity index (χ0n) is 20.1. The SMILES string of the molecule is COc1cc(C=C2CC3C4CC[C@H]5CC(O)CC[C@]5(C)C4CC[C@]3(C)C2=O)cc2c1OCO2. The van der Waals surface area contributed by atoms with Gasteiger partial charge >= 0.3 is 0 Å². The van der Waals surface area contributed by atoms with E-state index in [4.69, 9.17) is 14.2 Å². The van der Waals surface area contributed by atoms with Gasteiger partial charge in [0.25, 0.3) is 0 Å². The van der Waals surface area contributed by atoms with Gasteiger partial charge in [-0.3, -0.25) is 4.79 Å². The molecule has 4 saturated carbocycles. The number of aliphatic hydroxyl groups is 1. The number of ketones is 1. The van der Waals surface area contributed by atoms with E-state index in [2.05, 4.69) is 19.9 Å². The largest absolute Gasteiger partial charge is 0.493 e. The van der Waals surface area contributed by atoms with Crippen molar-refractivity contribution in [3.63, 3.8) is 0 Å². The van der Waals surface area contributed by atoms with Gasteiger partial charge in [0, 0.05) is 5.41 Å². The van der Waals surface area contributed by atoms with E-state index in [1.165, 1.54) is 12.8 Å². The Hall–Kier alpha value is -2.01. The van der Waals surface area contributed by atoms with Crippen LogP contribution in [-0.4, -0.2) is 30.9 Å². The third-order valence-corrected chi connectivity index (χ3v) is 10.3. The lowest BCUT2D eigenvalue weighted by atomic mass is 9.45. The van der Waals surface area contributed by atoms with E-state index in [0.717, 1.165) is 49.7 Å². The highest BCUT2D eigenvalue weighted by molar-refractivity contribution is 6.06. The third-order valence-electron chi connectivity index (χ3n) is 10.3. The molecule has 0 amide bonds. The molecule has 4 fully saturated rings. The number of fused-ring (bicyclic) bond motifs is 6. The maximum absolute atomic E-state index is 13.7. The second-order valence-corrected chi connectivity index (χ2v) is 11.7. The molecular formula is C28H36O5. The van der Waals surface area contributed by atoms with Gasteiger partial charge in [0.05, 0.1) is 13.2 Å². The van der Waals surface area contributed by atoms with Crippen LogP contribution in [0.4, 0.5) is 0 Å². The second kappa shape index (κ2) is 7.49. The van der Waals surface area contributed by atoms with Crippen LogP contribution in [0, 0.1) is 34.5 Å². The maximum Gasteiger partial charge on any atom is 0.231 e. The van der Waals surface area contributed by atoms with Crippen molar-refractivity contribution in [2.45, 2.75) is 71.3 Å². The van der Waals surface area contributed by atoms with Crippen LogP contribution in [0.5, 0.6) is 17.2 Å². The third kappa shape index (κ3) is 3.10. The molecule has 4 unspecified atom stereocenters. The highest BCUT2D eigenvalue weighted by Crippen LogP contribution is 2.66. The highest BCUT2D eigenvalue weighted by atomic mass is 16.7. The number of carbonyl (C=O) groups excluding carboxylic acids is 1. The fraction of sp³-hybridized carbons (Fsp3) is 0.679. The number of rotatable bonds is 2. The van der Waals surface area contributed by atoms with Gasteiger partial charge < -0.3 is 19.3 Å². The van der Waals surface area contributed by atoms with E-state index in [-0.39, 0.29) is 18.3 Å². The first-order chi connectivity index (χ1) is 15.8. The van der Waals surface area contributed by atoms with Gasteiger partial charge in [0.2, 0.25) is 12.5 Å². The Bertz CT molecular complexity index is 1010. The van der Waals surface area contributed by atoms with E-state index < -0.39 is 0 Å². The molecule has 0 spiro atoms. The number of hydrogen-bond donors (Lipinski definition) is 1. The van der Waals surface area contributed by atoms with Crippen molar-refractivity contribution in [1.82, 2.24) is 0 Å². The summed E-state index contributed by atoms with van der Waals surface area (Å²) in [5.41, 5.74) is 1.97. The van der Waals surface area contributed by atoms with Crippen LogP contribution in [0.3, 0.4) is 0 Å². The fourth-order valence-corrected chi connectivity index (χ4v) is 8.47. The lowest BCUT2D eigenvalue weighted by Gasteiger charge is -2.59. The van der Waals surface area contributed by atoms with Gasteiger partial charge in [-0.2, -0.15) is 0 Å². The van der Waals surface area contributed by atoms with E-state index in [9.17, 15) is 9.90 Å². The quantitative estimate of drug-likeness (QED) is 0.610. The molecule has 1 aromatic rings. The van der Waals surface area contributed by atoms with Gasteiger partial charge in [-0.25, -0.2) is 0 Å². The monoisotopic (exact) mass is 452 g/mol. The minimum absolute atomic E-state index is 0.116. The molecule has 0 aromatic heterocycles. The van der Waals surface area contributed by atoms with Crippen molar-refractivity contribution in [3.8, 4) is 17.2 Å². The number of allylic oxidation sites excluding steroid dienone is 1. The summed E-state index contributed by atoms with van der Waals surface area (Å²) < 4.78 is 16.6. The number of hydrogen-bond acceptors (Lipinski definition) is 5. The standard InChI is InChI=1S/C28H36O5/c1-27-8-6-19(29)14-18(27)4-5-20-21(27)7-9-28(2)22(20)13-17(26(28)30)10-16-11-23(31-3)25-24(12-16)32-15-33-25/h10-12,18-22,29H,4-9,13-15H2,1-3H3/t18-,19?,20?,21?,22?,27-,28-/m0/s1. The van der Waals surface area contributed by atoms with Crippen LogP contribution >= 0.6 is 0 Å². The molecule has 1 aliphatic heterocycles. The van der Waals surface area contributed by atoms with Gasteiger partial charge in [0.15, 0.2) is 17.3 Å². The summed E-state index contributed by atoms with van der Waals surface area (Å²) in [6.45, 7) is 4.93. The molecule has 4 aliphatic carbocycles. The molecule has 7 atom stereocenters. The summed E-state index contributed by atoms with van der Waals surface area (Å²) in [7, 11) is 1.63. The van der Waals surface area contributed by atoms with Crippen molar-refractivity contribution >= 4 is 11.9 Å². The highest BCUT2D eigenvalue weighted by Gasteiger charge is 2.61. The van der Waals surface area contributed by atoms with Crippen molar-refractivity contribution in [2.75, 3.05) is 13.9 Å². The molecule has 0 saturated heterocycles. The van der Waals surface area contributed by atoms with Crippen molar-refractivity contribution in [1.29, 1.82) is 0 Å². The predicted molar refractivity (Wildman–Crippen MR) is 125 cm³/mol. The summed E-state index contributed by atoms with van der Waals surface area (Å²) in [5.74, 6) is 4.67. The number of Topliss-reactive ketones (excluding diaryl/α,β-unsaturated/α-hetero) is 1. The molecule has 1 heterocycles.